The van der Waals surface area contributed by atoms with Gasteiger partial charge >= 0.3 is 0 Å². The van der Waals surface area contributed by atoms with Crippen LogP contribution in [0.2, 0.25) is 0 Å². The topological polar surface area (TPSA) is 113 Å². The Kier molecular flexibility index (Phi) is 6.00. The molecule has 174 valence electrons. The van der Waals surface area contributed by atoms with Crippen LogP contribution in [-0.4, -0.2) is 35.5 Å². The Morgan fingerprint density at radius 1 is 1.09 bits per heavy atom. The molecular formula is C25H21N7O3. The molecule has 0 spiro atoms. The molecule has 35 heavy (non-hydrogen) atoms. The minimum absolute atomic E-state index is 0.0517. The first kappa shape index (κ1) is 22.0. The fraction of sp³-hybridized carbons (Fsp3) is 0.120. The summed E-state index contributed by atoms with van der Waals surface area (Å²) in [7, 11) is 0. The van der Waals surface area contributed by atoms with Gasteiger partial charge in [0.2, 0.25) is 0 Å². The van der Waals surface area contributed by atoms with Crippen molar-refractivity contribution in [2.75, 3.05) is 0 Å². The monoisotopic (exact) mass is 467 g/mol. The Morgan fingerprint density at radius 3 is 2.66 bits per heavy atom. The molecule has 3 aromatic heterocycles. The van der Waals surface area contributed by atoms with E-state index in [9.17, 15) is 10.1 Å². The third-order valence-corrected chi connectivity index (χ3v) is 5.47. The molecule has 5 aromatic rings. The molecule has 5 rings (SSSR count). The van der Waals surface area contributed by atoms with Crippen molar-refractivity contribution in [2.45, 2.75) is 20.1 Å². The normalized spacial score (nSPS) is 11.3. The number of pyridine rings is 1. The standard InChI is InChI=1S/C25H21N7O3/c1-18-6-5-13-31-23(24(27-25(18)31)20-7-3-2-4-8-20)14-26-35-17-21-16-30(29-28-21)15-19-9-11-22(12-10-19)32(33)34/h2-14,16H,15,17H2,1H3/b26-14+. The Balaban J connectivity index is 1.28. The number of hydrogen-bond donors (Lipinski definition) is 0. The van der Waals surface area contributed by atoms with Crippen LogP contribution in [0.15, 0.2) is 84.3 Å². The highest BCUT2D eigenvalue weighted by Gasteiger charge is 2.14. The van der Waals surface area contributed by atoms with Crippen LogP contribution >= 0.6 is 0 Å². The van der Waals surface area contributed by atoms with Crippen LogP contribution < -0.4 is 0 Å². The van der Waals surface area contributed by atoms with E-state index in [4.69, 9.17) is 9.82 Å². The second kappa shape index (κ2) is 9.56. The zero-order valence-corrected chi connectivity index (χ0v) is 18.9. The molecule has 0 bridgehead atoms. The Hall–Kier alpha value is -4.86. The van der Waals surface area contributed by atoms with Gasteiger partial charge in [0.05, 0.1) is 35.3 Å². The van der Waals surface area contributed by atoms with Gasteiger partial charge in [0.15, 0.2) is 6.61 Å². The van der Waals surface area contributed by atoms with Gasteiger partial charge in [-0.05, 0) is 24.1 Å². The third-order valence-electron chi connectivity index (χ3n) is 5.47. The molecule has 0 radical (unpaired) electrons. The molecule has 0 N–H and O–H groups in total. The number of aryl methyl sites for hydroxylation is 1. The van der Waals surface area contributed by atoms with Crippen molar-refractivity contribution in [2.24, 2.45) is 5.16 Å². The molecule has 0 amide bonds. The van der Waals surface area contributed by atoms with Crippen molar-refractivity contribution in [3.63, 3.8) is 0 Å². The number of fused-ring (bicyclic) bond motifs is 1. The van der Waals surface area contributed by atoms with Crippen molar-refractivity contribution in [1.29, 1.82) is 0 Å². The lowest BCUT2D eigenvalue weighted by molar-refractivity contribution is -0.384. The Morgan fingerprint density at radius 2 is 1.89 bits per heavy atom. The molecule has 0 fully saturated rings. The lowest BCUT2D eigenvalue weighted by atomic mass is 10.1. The minimum atomic E-state index is -0.425. The summed E-state index contributed by atoms with van der Waals surface area (Å²) in [5.74, 6) is 0. The van der Waals surface area contributed by atoms with E-state index in [0.717, 1.165) is 33.7 Å². The van der Waals surface area contributed by atoms with Gasteiger partial charge in [-0.2, -0.15) is 0 Å². The largest absolute Gasteiger partial charge is 0.389 e. The predicted molar refractivity (Wildman–Crippen MR) is 130 cm³/mol. The van der Waals surface area contributed by atoms with Gasteiger partial charge in [0.25, 0.3) is 5.69 Å². The van der Waals surface area contributed by atoms with Gasteiger partial charge in [-0.1, -0.05) is 58.9 Å². The average Bonchev–Trinajstić information content (AvgIpc) is 3.48. The Bertz CT molecular complexity index is 1510. The van der Waals surface area contributed by atoms with E-state index < -0.39 is 4.92 Å². The highest BCUT2D eigenvalue weighted by atomic mass is 16.6. The number of aromatic nitrogens is 5. The first-order valence-electron chi connectivity index (χ1n) is 10.9. The second-order valence-electron chi connectivity index (χ2n) is 7.94. The zero-order valence-electron chi connectivity index (χ0n) is 18.9. The van der Waals surface area contributed by atoms with Crippen LogP contribution in [0, 0.1) is 17.0 Å². The van der Waals surface area contributed by atoms with Gasteiger partial charge in [-0.15, -0.1) is 5.10 Å². The third kappa shape index (κ3) is 4.76. The first-order valence-corrected chi connectivity index (χ1v) is 10.9. The quantitative estimate of drug-likeness (QED) is 0.190. The van der Waals surface area contributed by atoms with E-state index in [0.29, 0.717) is 12.2 Å². The van der Waals surface area contributed by atoms with Crippen LogP contribution in [0.4, 0.5) is 5.69 Å². The first-order chi connectivity index (χ1) is 17.1. The van der Waals surface area contributed by atoms with E-state index in [2.05, 4.69) is 15.5 Å². The molecule has 10 nitrogen and oxygen atoms in total. The highest BCUT2D eigenvalue weighted by molar-refractivity contribution is 5.89. The molecule has 0 aliphatic rings. The fourth-order valence-corrected chi connectivity index (χ4v) is 3.74. The van der Waals surface area contributed by atoms with Crippen LogP contribution in [0.5, 0.6) is 0 Å². The van der Waals surface area contributed by atoms with Crippen LogP contribution in [0.1, 0.15) is 22.5 Å². The summed E-state index contributed by atoms with van der Waals surface area (Å²) in [6.07, 6.45) is 5.36. The van der Waals surface area contributed by atoms with E-state index in [1.54, 1.807) is 29.2 Å². The summed E-state index contributed by atoms with van der Waals surface area (Å²) in [4.78, 5) is 20.7. The van der Waals surface area contributed by atoms with Crippen molar-refractivity contribution in [3.8, 4) is 11.3 Å². The number of imidazole rings is 1. The van der Waals surface area contributed by atoms with Gasteiger partial charge in [-0.25, -0.2) is 9.67 Å². The lowest BCUT2D eigenvalue weighted by Crippen LogP contribution is -2.00. The van der Waals surface area contributed by atoms with Crippen molar-refractivity contribution >= 4 is 17.5 Å². The van der Waals surface area contributed by atoms with Crippen LogP contribution in [0.3, 0.4) is 0 Å². The summed E-state index contributed by atoms with van der Waals surface area (Å²) in [5, 5.41) is 23.2. The highest BCUT2D eigenvalue weighted by Crippen LogP contribution is 2.24. The summed E-state index contributed by atoms with van der Waals surface area (Å²) < 4.78 is 3.63. The molecule has 0 unspecified atom stereocenters. The second-order valence-corrected chi connectivity index (χ2v) is 7.94. The van der Waals surface area contributed by atoms with E-state index in [1.165, 1.54) is 12.1 Å². The molecule has 0 saturated carbocycles. The average molecular weight is 467 g/mol. The van der Waals surface area contributed by atoms with Crippen LogP contribution in [-0.2, 0) is 18.0 Å². The number of oxime groups is 1. The van der Waals surface area contributed by atoms with E-state index in [1.807, 2.05) is 60.0 Å². The summed E-state index contributed by atoms with van der Waals surface area (Å²) in [6, 6.07) is 20.3. The molecule has 0 atom stereocenters. The number of nitro benzene ring substituents is 1. The van der Waals surface area contributed by atoms with Crippen molar-refractivity contribution in [1.82, 2.24) is 24.4 Å². The maximum atomic E-state index is 10.8. The zero-order chi connectivity index (χ0) is 24.2. The summed E-state index contributed by atoms with van der Waals surface area (Å²) in [5.41, 5.74) is 6.10. The molecule has 0 aliphatic carbocycles. The van der Waals surface area contributed by atoms with E-state index in [-0.39, 0.29) is 12.3 Å². The maximum Gasteiger partial charge on any atom is 0.269 e. The Labute approximate surface area is 200 Å². The van der Waals surface area contributed by atoms with Gasteiger partial charge in [0, 0.05) is 23.9 Å². The maximum absolute atomic E-state index is 10.8. The molecule has 10 heteroatoms. The van der Waals surface area contributed by atoms with Gasteiger partial charge in [0.1, 0.15) is 11.3 Å². The minimum Gasteiger partial charge on any atom is -0.389 e. The number of hydrogen-bond acceptors (Lipinski definition) is 7. The summed E-state index contributed by atoms with van der Waals surface area (Å²) >= 11 is 0. The predicted octanol–water partition coefficient (Wildman–Crippen LogP) is 4.41. The molecular weight excluding hydrogens is 446 g/mol. The van der Waals surface area contributed by atoms with Crippen molar-refractivity contribution < 1.29 is 9.76 Å². The molecule has 0 saturated heterocycles. The number of non-ortho nitro benzene ring substituents is 1. The lowest BCUT2D eigenvalue weighted by Gasteiger charge is -2.01. The summed E-state index contributed by atoms with van der Waals surface area (Å²) in [6.45, 7) is 2.61. The van der Waals surface area contributed by atoms with Crippen LogP contribution in [0.25, 0.3) is 16.9 Å². The smallest absolute Gasteiger partial charge is 0.269 e. The van der Waals surface area contributed by atoms with Gasteiger partial charge in [-0.3, -0.25) is 14.5 Å². The SMILES string of the molecule is Cc1cccn2c(/C=N/OCc3cn(Cc4ccc([N+](=O)[O-])cc4)nn3)c(-c3ccccc3)nc12. The number of nitrogens with zero attached hydrogens (tertiary/aromatic N) is 7. The number of benzene rings is 2. The molecule has 2 aromatic carbocycles. The van der Waals surface area contributed by atoms with E-state index >= 15 is 0 Å². The molecule has 3 heterocycles. The number of rotatable bonds is 8. The van der Waals surface area contributed by atoms with Gasteiger partial charge < -0.3 is 4.84 Å². The fourth-order valence-electron chi connectivity index (χ4n) is 3.74. The molecule has 0 aliphatic heterocycles. The number of nitro groups is 1. The van der Waals surface area contributed by atoms with Crippen molar-refractivity contribution in [3.05, 3.63) is 112 Å².